The van der Waals surface area contributed by atoms with E-state index in [-0.39, 0.29) is 30.6 Å². The molecular weight excluding hydrogens is 304 g/mol. The van der Waals surface area contributed by atoms with Gasteiger partial charge in [0.1, 0.15) is 12.7 Å². The number of ether oxygens (including phenoxy) is 2. The average Bonchev–Trinajstić information content (AvgIpc) is 3.31. The first kappa shape index (κ1) is 15.0. The highest BCUT2D eigenvalue weighted by molar-refractivity contribution is 5.74. The van der Waals surface area contributed by atoms with Gasteiger partial charge in [-0.2, -0.15) is 0 Å². The van der Waals surface area contributed by atoms with Crippen molar-refractivity contribution in [3.63, 3.8) is 0 Å². The first-order valence-corrected chi connectivity index (χ1v) is 9.75. The molecule has 0 spiro atoms. The molecule has 4 fully saturated rings. The van der Waals surface area contributed by atoms with Gasteiger partial charge in [0.2, 0.25) is 0 Å². The molecule has 1 aliphatic heterocycles. The highest BCUT2D eigenvalue weighted by atomic mass is 16.6. The molecule has 0 aromatic carbocycles. The Hall–Kier alpha value is -1.32. The molecule has 1 heterocycles. The van der Waals surface area contributed by atoms with E-state index in [1.165, 1.54) is 12.8 Å². The maximum Gasteiger partial charge on any atom is 0.309 e. The van der Waals surface area contributed by atoms with Crippen molar-refractivity contribution in [2.24, 2.45) is 41.4 Å². The van der Waals surface area contributed by atoms with E-state index in [0.29, 0.717) is 18.3 Å². The van der Waals surface area contributed by atoms with Gasteiger partial charge in [0.15, 0.2) is 0 Å². The molecule has 8 unspecified atom stereocenters. The maximum atomic E-state index is 12.7. The fraction of sp³-hybridized carbons (Fsp3) is 0.800. The summed E-state index contributed by atoms with van der Waals surface area (Å²) in [5.41, 5.74) is 0. The van der Waals surface area contributed by atoms with E-state index in [2.05, 4.69) is 12.2 Å². The third-order valence-electron chi connectivity index (χ3n) is 7.44. The number of fused-ring (bicyclic) bond motifs is 9. The van der Waals surface area contributed by atoms with Crippen LogP contribution in [0.1, 0.15) is 44.9 Å². The molecule has 0 aromatic rings. The van der Waals surface area contributed by atoms with Gasteiger partial charge >= 0.3 is 11.9 Å². The first-order valence-electron chi connectivity index (χ1n) is 9.75. The number of carbonyl (C=O) groups is 2. The molecule has 0 aromatic heterocycles. The van der Waals surface area contributed by atoms with Crippen LogP contribution in [0.15, 0.2) is 12.2 Å². The number of allylic oxidation sites excluding steroid dienone is 2. The monoisotopic (exact) mass is 330 g/mol. The zero-order valence-corrected chi connectivity index (χ0v) is 14.1. The minimum absolute atomic E-state index is 0.0343. The van der Waals surface area contributed by atoms with Crippen molar-refractivity contribution in [2.75, 3.05) is 6.61 Å². The predicted molar refractivity (Wildman–Crippen MR) is 86.7 cm³/mol. The molecule has 4 aliphatic carbocycles. The molecule has 24 heavy (non-hydrogen) atoms. The Labute approximate surface area is 143 Å². The maximum absolute atomic E-state index is 12.7. The van der Waals surface area contributed by atoms with E-state index < -0.39 is 0 Å². The minimum Gasteiger partial charge on any atom is -0.462 e. The lowest BCUT2D eigenvalue weighted by atomic mass is 9.69. The molecular formula is C20H26O4. The van der Waals surface area contributed by atoms with Crippen molar-refractivity contribution in [3.8, 4) is 0 Å². The van der Waals surface area contributed by atoms with E-state index in [9.17, 15) is 9.59 Å². The van der Waals surface area contributed by atoms with Crippen LogP contribution in [-0.4, -0.2) is 24.6 Å². The van der Waals surface area contributed by atoms with Crippen molar-refractivity contribution >= 4 is 11.9 Å². The predicted octanol–water partition coefficient (Wildman–Crippen LogP) is 3.11. The highest BCUT2D eigenvalue weighted by Crippen LogP contribution is 2.67. The normalized spacial score (nSPS) is 48.2. The average molecular weight is 330 g/mol. The fourth-order valence-corrected chi connectivity index (χ4v) is 6.63. The quantitative estimate of drug-likeness (QED) is 0.453. The van der Waals surface area contributed by atoms with Crippen LogP contribution in [0.5, 0.6) is 0 Å². The van der Waals surface area contributed by atoms with Crippen LogP contribution in [-0.2, 0) is 19.1 Å². The summed E-state index contributed by atoms with van der Waals surface area (Å²) in [6, 6.07) is 0. The van der Waals surface area contributed by atoms with Crippen molar-refractivity contribution in [3.05, 3.63) is 12.2 Å². The molecule has 8 atom stereocenters. The summed E-state index contributed by atoms with van der Waals surface area (Å²) in [5.74, 6) is 4.25. The number of hydrogen-bond donors (Lipinski definition) is 0. The third kappa shape index (κ3) is 2.25. The Morgan fingerprint density at radius 3 is 2.83 bits per heavy atom. The molecule has 130 valence electrons. The summed E-state index contributed by atoms with van der Waals surface area (Å²) in [6.45, 7) is 0.249. The van der Waals surface area contributed by atoms with Crippen LogP contribution < -0.4 is 0 Å². The van der Waals surface area contributed by atoms with Gasteiger partial charge in [0, 0.05) is 6.42 Å². The molecule has 0 radical (unpaired) electrons. The molecule has 4 heteroatoms. The van der Waals surface area contributed by atoms with Gasteiger partial charge in [0.25, 0.3) is 0 Å². The number of cyclic esters (lactones) is 1. The van der Waals surface area contributed by atoms with Crippen molar-refractivity contribution in [2.45, 2.75) is 51.0 Å². The number of rotatable bonds is 3. The molecule has 5 rings (SSSR count). The summed E-state index contributed by atoms with van der Waals surface area (Å²) < 4.78 is 11.0. The fourth-order valence-electron chi connectivity index (χ4n) is 6.63. The second-order valence-electron chi connectivity index (χ2n) is 8.59. The Balaban J connectivity index is 1.20. The zero-order chi connectivity index (χ0) is 16.3. The molecule has 4 nitrogen and oxygen atoms in total. The molecule has 5 aliphatic rings. The van der Waals surface area contributed by atoms with Gasteiger partial charge in [-0.15, -0.1) is 0 Å². The van der Waals surface area contributed by atoms with Crippen LogP contribution in [0.3, 0.4) is 0 Å². The Kier molecular flexibility index (Phi) is 3.50. The van der Waals surface area contributed by atoms with Crippen molar-refractivity contribution < 1.29 is 19.1 Å². The first-order chi connectivity index (χ1) is 11.7. The molecule has 0 amide bonds. The van der Waals surface area contributed by atoms with Crippen LogP contribution in [0.4, 0.5) is 0 Å². The van der Waals surface area contributed by atoms with Crippen LogP contribution >= 0.6 is 0 Å². The van der Waals surface area contributed by atoms with E-state index in [0.717, 1.165) is 49.4 Å². The van der Waals surface area contributed by atoms with Gasteiger partial charge in [-0.05, 0) is 74.0 Å². The van der Waals surface area contributed by atoms with Crippen LogP contribution in [0.2, 0.25) is 0 Å². The van der Waals surface area contributed by atoms with E-state index in [1.807, 2.05) is 0 Å². The van der Waals surface area contributed by atoms with E-state index >= 15 is 0 Å². The summed E-state index contributed by atoms with van der Waals surface area (Å²) in [5, 5.41) is 0. The SMILES string of the molecule is O=C1CCCCC(COC(=O)C2CC3CC2C2C4C=CC(C4)C32)O1. The lowest BCUT2D eigenvalue weighted by Gasteiger charge is -2.35. The molecule has 3 saturated carbocycles. The summed E-state index contributed by atoms with van der Waals surface area (Å²) >= 11 is 0. The summed E-state index contributed by atoms with van der Waals surface area (Å²) in [6.07, 6.45) is 11.3. The van der Waals surface area contributed by atoms with Gasteiger partial charge in [-0.3, -0.25) is 9.59 Å². The van der Waals surface area contributed by atoms with Crippen molar-refractivity contribution in [1.29, 1.82) is 0 Å². The number of esters is 2. The molecule has 4 bridgehead atoms. The van der Waals surface area contributed by atoms with Crippen molar-refractivity contribution in [1.82, 2.24) is 0 Å². The van der Waals surface area contributed by atoms with Gasteiger partial charge in [-0.1, -0.05) is 12.2 Å². The summed E-state index contributed by atoms with van der Waals surface area (Å²) in [4.78, 5) is 24.2. The van der Waals surface area contributed by atoms with Gasteiger partial charge in [0.05, 0.1) is 5.92 Å². The molecule has 0 N–H and O–H groups in total. The highest BCUT2D eigenvalue weighted by Gasteiger charge is 2.62. The van der Waals surface area contributed by atoms with E-state index in [4.69, 9.17) is 9.47 Å². The second kappa shape index (κ2) is 5.60. The Morgan fingerprint density at radius 1 is 1.12 bits per heavy atom. The smallest absolute Gasteiger partial charge is 0.309 e. The van der Waals surface area contributed by atoms with Gasteiger partial charge in [-0.25, -0.2) is 0 Å². The minimum atomic E-state index is -0.235. The van der Waals surface area contributed by atoms with Crippen LogP contribution in [0, 0.1) is 41.4 Å². The Morgan fingerprint density at radius 2 is 1.96 bits per heavy atom. The van der Waals surface area contributed by atoms with Gasteiger partial charge < -0.3 is 9.47 Å². The van der Waals surface area contributed by atoms with Crippen LogP contribution in [0.25, 0.3) is 0 Å². The largest absolute Gasteiger partial charge is 0.462 e. The third-order valence-corrected chi connectivity index (χ3v) is 7.44. The molecule has 1 saturated heterocycles. The van der Waals surface area contributed by atoms with E-state index in [1.54, 1.807) is 0 Å². The zero-order valence-electron chi connectivity index (χ0n) is 14.1. The lowest BCUT2D eigenvalue weighted by molar-refractivity contribution is -0.162. The Bertz CT molecular complexity index is 582. The summed E-state index contributed by atoms with van der Waals surface area (Å²) in [7, 11) is 0. The second-order valence-corrected chi connectivity index (χ2v) is 8.59. The standard InChI is InChI=1S/C20H26O4/c21-17-4-2-1-3-14(24-17)10-23-20(22)16-9-13-8-15(16)19-12-6-5-11(7-12)18(13)19/h5-6,11-16,18-19H,1-4,7-10H2. The lowest BCUT2D eigenvalue weighted by Crippen LogP contribution is -2.36. The number of carbonyl (C=O) groups excluding carboxylic acids is 2. The topological polar surface area (TPSA) is 52.6 Å². The number of hydrogen-bond acceptors (Lipinski definition) is 4.